The normalized spacial score (nSPS) is 10.0. The Hall–Kier alpha value is -0.330. The third-order valence-corrected chi connectivity index (χ3v) is 4.31. The number of thiophene rings is 1. The van der Waals surface area contributed by atoms with E-state index in [1.165, 1.54) is 4.88 Å². The van der Waals surface area contributed by atoms with Crippen LogP contribution in [-0.4, -0.2) is 55.5 Å². The predicted molar refractivity (Wildman–Crippen MR) is 101 cm³/mol. The second kappa shape index (κ2) is 14.3. The summed E-state index contributed by atoms with van der Waals surface area (Å²) in [5.74, 6) is 0.236. The van der Waals surface area contributed by atoms with Gasteiger partial charge in [0.25, 0.3) is 0 Å². The van der Waals surface area contributed by atoms with Crippen LogP contribution in [0.15, 0.2) is 17.5 Å². The summed E-state index contributed by atoms with van der Waals surface area (Å²) in [4.78, 5) is 17.9. The summed E-state index contributed by atoms with van der Waals surface area (Å²) in [6.45, 7) is 9.63. The zero-order chi connectivity index (χ0) is 14.8. The number of amides is 1. The molecular formula is C15H29Cl2N3OS. The number of likely N-dealkylation sites (N-methyl/N-ethyl adjacent to an activating group) is 1. The van der Waals surface area contributed by atoms with Gasteiger partial charge in [0.15, 0.2) is 0 Å². The lowest BCUT2D eigenvalue weighted by Crippen LogP contribution is -2.39. The van der Waals surface area contributed by atoms with Crippen molar-refractivity contribution in [1.82, 2.24) is 15.1 Å². The molecule has 0 aromatic carbocycles. The lowest BCUT2D eigenvalue weighted by atomic mass is 10.3. The number of hydrogen-bond donors (Lipinski definition) is 1. The SMILES string of the molecule is CCN(CC)CCN(Cc1cccs1)C(=O)CCNC.Cl.Cl. The molecule has 0 fully saturated rings. The summed E-state index contributed by atoms with van der Waals surface area (Å²) in [7, 11) is 1.88. The van der Waals surface area contributed by atoms with Crippen molar-refractivity contribution in [3.8, 4) is 0 Å². The van der Waals surface area contributed by atoms with Crippen molar-refractivity contribution >= 4 is 42.1 Å². The summed E-state index contributed by atoms with van der Waals surface area (Å²) >= 11 is 1.72. The van der Waals surface area contributed by atoms with Crippen LogP contribution in [0.25, 0.3) is 0 Å². The second-order valence-electron chi connectivity index (χ2n) is 4.78. The minimum atomic E-state index is 0. The molecule has 1 rings (SSSR count). The third-order valence-electron chi connectivity index (χ3n) is 3.45. The maximum atomic E-state index is 12.3. The Kier molecular flexibility index (Phi) is 15.5. The number of halogens is 2. The molecule has 0 aliphatic carbocycles. The highest BCUT2D eigenvalue weighted by atomic mass is 35.5. The van der Waals surface area contributed by atoms with E-state index in [1.54, 1.807) is 11.3 Å². The molecule has 0 atom stereocenters. The summed E-state index contributed by atoms with van der Waals surface area (Å²) in [5, 5.41) is 5.11. The predicted octanol–water partition coefficient (Wildman–Crippen LogP) is 2.87. The molecular weight excluding hydrogens is 341 g/mol. The molecule has 0 aliphatic rings. The quantitative estimate of drug-likeness (QED) is 0.688. The van der Waals surface area contributed by atoms with Gasteiger partial charge < -0.3 is 15.1 Å². The molecule has 7 heteroatoms. The van der Waals surface area contributed by atoms with E-state index < -0.39 is 0 Å². The molecule has 0 radical (unpaired) electrons. The van der Waals surface area contributed by atoms with Gasteiger partial charge in [-0.2, -0.15) is 0 Å². The lowest BCUT2D eigenvalue weighted by Gasteiger charge is -2.26. The molecule has 0 spiro atoms. The van der Waals surface area contributed by atoms with Crippen LogP contribution < -0.4 is 5.32 Å². The van der Waals surface area contributed by atoms with Crippen molar-refractivity contribution in [3.63, 3.8) is 0 Å². The molecule has 1 heterocycles. The zero-order valence-electron chi connectivity index (χ0n) is 13.7. The van der Waals surface area contributed by atoms with E-state index in [0.29, 0.717) is 6.42 Å². The number of carbonyl (C=O) groups excluding carboxylic acids is 1. The average molecular weight is 370 g/mol. The van der Waals surface area contributed by atoms with Gasteiger partial charge in [-0.3, -0.25) is 4.79 Å². The number of nitrogens with zero attached hydrogens (tertiary/aromatic N) is 2. The Labute approximate surface area is 151 Å². The van der Waals surface area contributed by atoms with Crippen LogP contribution >= 0.6 is 36.2 Å². The monoisotopic (exact) mass is 369 g/mol. The molecule has 1 aromatic heterocycles. The molecule has 0 saturated heterocycles. The molecule has 22 heavy (non-hydrogen) atoms. The smallest absolute Gasteiger partial charge is 0.224 e. The molecule has 130 valence electrons. The van der Waals surface area contributed by atoms with Gasteiger partial charge in [0.1, 0.15) is 0 Å². The first-order chi connectivity index (χ1) is 9.71. The van der Waals surface area contributed by atoms with Gasteiger partial charge in [-0.15, -0.1) is 36.2 Å². The van der Waals surface area contributed by atoms with E-state index in [1.807, 2.05) is 18.0 Å². The van der Waals surface area contributed by atoms with Crippen molar-refractivity contribution in [1.29, 1.82) is 0 Å². The molecule has 1 amide bonds. The first-order valence-corrected chi connectivity index (χ1v) is 8.26. The van der Waals surface area contributed by atoms with Crippen molar-refractivity contribution < 1.29 is 4.79 Å². The van der Waals surface area contributed by atoms with Gasteiger partial charge >= 0.3 is 0 Å². The number of hydrogen-bond acceptors (Lipinski definition) is 4. The summed E-state index contributed by atoms with van der Waals surface area (Å²) in [6, 6.07) is 4.14. The molecule has 0 aliphatic heterocycles. The van der Waals surface area contributed by atoms with E-state index in [9.17, 15) is 4.79 Å². The fourth-order valence-electron chi connectivity index (χ4n) is 2.07. The number of nitrogens with one attached hydrogen (secondary N) is 1. The Balaban J connectivity index is 0. The van der Waals surface area contributed by atoms with E-state index in [0.717, 1.165) is 39.3 Å². The van der Waals surface area contributed by atoms with E-state index in [4.69, 9.17) is 0 Å². The molecule has 1 aromatic rings. The summed E-state index contributed by atoms with van der Waals surface area (Å²) in [6.07, 6.45) is 0.570. The Morgan fingerprint density at radius 3 is 2.41 bits per heavy atom. The Bertz CT molecular complexity index is 373. The Morgan fingerprint density at radius 2 is 1.91 bits per heavy atom. The van der Waals surface area contributed by atoms with Crippen molar-refractivity contribution in [2.45, 2.75) is 26.8 Å². The van der Waals surface area contributed by atoms with Crippen LogP contribution in [0.1, 0.15) is 25.1 Å². The van der Waals surface area contributed by atoms with Crippen LogP contribution in [-0.2, 0) is 11.3 Å². The maximum Gasteiger partial charge on any atom is 0.224 e. The lowest BCUT2D eigenvalue weighted by molar-refractivity contribution is -0.131. The van der Waals surface area contributed by atoms with E-state index in [-0.39, 0.29) is 30.7 Å². The Morgan fingerprint density at radius 1 is 1.23 bits per heavy atom. The first kappa shape index (κ1) is 23.9. The van der Waals surface area contributed by atoms with Gasteiger partial charge in [-0.1, -0.05) is 19.9 Å². The highest BCUT2D eigenvalue weighted by Crippen LogP contribution is 2.12. The molecule has 4 nitrogen and oxygen atoms in total. The van der Waals surface area contributed by atoms with Crippen molar-refractivity contribution in [2.75, 3.05) is 39.8 Å². The molecule has 0 unspecified atom stereocenters. The van der Waals surface area contributed by atoms with E-state index in [2.05, 4.69) is 35.5 Å². The minimum absolute atomic E-state index is 0. The highest BCUT2D eigenvalue weighted by Gasteiger charge is 2.14. The summed E-state index contributed by atoms with van der Waals surface area (Å²) < 4.78 is 0. The largest absolute Gasteiger partial charge is 0.336 e. The third kappa shape index (κ3) is 8.96. The zero-order valence-corrected chi connectivity index (χ0v) is 16.2. The number of carbonyl (C=O) groups is 1. The van der Waals surface area contributed by atoms with Crippen LogP contribution in [0.4, 0.5) is 0 Å². The van der Waals surface area contributed by atoms with Gasteiger partial charge in [0.05, 0.1) is 6.54 Å². The minimum Gasteiger partial charge on any atom is -0.336 e. The fraction of sp³-hybridized carbons (Fsp3) is 0.667. The van der Waals surface area contributed by atoms with Crippen molar-refractivity contribution in [2.24, 2.45) is 0 Å². The molecule has 1 N–H and O–H groups in total. The topological polar surface area (TPSA) is 35.6 Å². The van der Waals surface area contributed by atoms with Crippen LogP contribution in [0.5, 0.6) is 0 Å². The number of rotatable bonds is 10. The first-order valence-electron chi connectivity index (χ1n) is 7.38. The van der Waals surface area contributed by atoms with Gasteiger partial charge in [-0.05, 0) is 31.6 Å². The fourth-order valence-corrected chi connectivity index (χ4v) is 2.79. The van der Waals surface area contributed by atoms with Gasteiger partial charge in [0.2, 0.25) is 5.91 Å². The molecule has 0 saturated carbocycles. The standard InChI is InChI=1S/C15H27N3OS.2ClH/c1-4-17(5-2)10-11-18(15(19)8-9-16-3)13-14-7-6-12-20-14;;/h6-7,12,16H,4-5,8-11,13H2,1-3H3;2*1H. The van der Waals surface area contributed by atoms with Crippen LogP contribution in [0, 0.1) is 0 Å². The average Bonchev–Trinajstić information content (AvgIpc) is 2.97. The maximum absolute atomic E-state index is 12.3. The van der Waals surface area contributed by atoms with Crippen LogP contribution in [0.2, 0.25) is 0 Å². The second-order valence-corrected chi connectivity index (χ2v) is 5.81. The van der Waals surface area contributed by atoms with E-state index >= 15 is 0 Å². The molecule has 0 bridgehead atoms. The van der Waals surface area contributed by atoms with Crippen LogP contribution in [0.3, 0.4) is 0 Å². The summed E-state index contributed by atoms with van der Waals surface area (Å²) in [5.41, 5.74) is 0. The highest BCUT2D eigenvalue weighted by molar-refractivity contribution is 7.09. The van der Waals surface area contributed by atoms with Crippen molar-refractivity contribution in [3.05, 3.63) is 22.4 Å². The van der Waals surface area contributed by atoms with Gasteiger partial charge in [-0.25, -0.2) is 0 Å². The van der Waals surface area contributed by atoms with Gasteiger partial charge in [0, 0.05) is 30.9 Å².